The van der Waals surface area contributed by atoms with E-state index in [4.69, 9.17) is 0 Å². The van der Waals surface area contributed by atoms with Gasteiger partial charge in [0.15, 0.2) is 0 Å². The third kappa shape index (κ3) is 1.60. The van der Waals surface area contributed by atoms with Crippen LogP contribution in [0, 0.1) is 19.8 Å². The molecule has 0 radical (unpaired) electrons. The Morgan fingerprint density at radius 1 is 1.18 bits per heavy atom. The molecule has 3 unspecified atom stereocenters. The number of anilines is 1. The molecule has 1 nitrogen and oxygen atoms in total. The van der Waals surface area contributed by atoms with E-state index in [1.54, 1.807) is 5.57 Å². The average Bonchev–Trinajstić information content (AvgIpc) is 2.58. The molecule has 0 amide bonds. The number of hydrogen-bond acceptors (Lipinski definition) is 1. The molecule has 1 heterocycles. The highest BCUT2D eigenvalue weighted by atomic mass is 15.0. The van der Waals surface area contributed by atoms with Crippen LogP contribution in [0.3, 0.4) is 0 Å². The largest absolute Gasteiger partial charge is 0.381 e. The third-order valence-electron chi connectivity index (χ3n) is 4.29. The monoisotopic (exact) mass is 227 g/mol. The van der Waals surface area contributed by atoms with Crippen LogP contribution in [-0.4, -0.2) is 6.04 Å². The topological polar surface area (TPSA) is 12.0 Å². The van der Waals surface area contributed by atoms with Crippen LogP contribution in [0.25, 0.3) is 0 Å². The molecular weight excluding hydrogens is 206 g/mol. The first-order valence-electron chi connectivity index (χ1n) is 6.61. The minimum atomic E-state index is 0.590. The fourth-order valence-electron chi connectivity index (χ4n) is 3.61. The Hall–Kier alpha value is -1.24. The Bertz CT molecular complexity index is 498. The maximum atomic E-state index is 3.76. The second-order valence-corrected chi connectivity index (χ2v) is 5.94. The minimum Gasteiger partial charge on any atom is -0.381 e. The van der Waals surface area contributed by atoms with Gasteiger partial charge in [0, 0.05) is 17.6 Å². The Kier molecular flexibility index (Phi) is 2.32. The summed E-state index contributed by atoms with van der Waals surface area (Å²) in [5, 5.41) is 3.76. The number of benzene rings is 1. The summed E-state index contributed by atoms with van der Waals surface area (Å²) in [7, 11) is 0. The Morgan fingerprint density at radius 2 is 1.94 bits per heavy atom. The van der Waals surface area contributed by atoms with Gasteiger partial charge in [-0.15, -0.1) is 0 Å². The number of fused-ring (bicyclic) bond motifs is 3. The molecule has 1 aromatic carbocycles. The average molecular weight is 227 g/mol. The molecule has 0 saturated carbocycles. The van der Waals surface area contributed by atoms with Gasteiger partial charge >= 0.3 is 0 Å². The molecule has 1 N–H and O–H groups in total. The number of allylic oxidation sites excluding steroid dienone is 1. The first-order valence-corrected chi connectivity index (χ1v) is 6.61. The molecule has 1 aromatic rings. The predicted octanol–water partition coefficient (Wildman–Crippen LogP) is 4.17. The van der Waals surface area contributed by atoms with E-state index in [1.165, 1.54) is 28.8 Å². The SMILES string of the molecule is CC1=CC2c3cc(C)cc(C)c3NC2C(C)C1. The van der Waals surface area contributed by atoms with E-state index in [0.717, 1.165) is 5.92 Å². The number of aryl methyl sites for hydroxylation is 2. The maximum absolute atomic E-state index is 3.76. The summed E-state index contributed by atoms with van der Waals surface area (Å²) in [5.74, 6) is 1.32. The predicted molar refractivity (Wildman–Crippen MR) is 73.6 cm³/mol. The van der Waals surface area contributed by atoms with Gasteiger partial charge in [0.1, 0.15) is 0 Å². The van der Waals surface area contributed by atoms with Gasteiger partial charge in [-0.1, -0.05) is 36.3 Å². The highest BCUT2D eigenvalue weighted by Gasteiger charge is 2.37. The summed E-state index contributed by atoms with van der Waals surface area (Å²) < 4.78 is 0. The molecule has 0 saturated heterocycles. The van der Waals surface area contributed by atoms with Gasteiger partial charge in [-0.2, -0.15) is 0 Å². The van der Waals surface area contributed by atoms with E-state index >= 15 is 0 Å². The van der Waals surface area contributed by atoms with Crippen LogP contribution < -0.4 is 5.32 Å². The summed E-state index contributed by atoms with van der Waals surface area (Å²) >= 11 is 0. The summed E-state index contributed by atoms with van der Waals surface area (Å²) in [6.45, 7) is 9.06. The summed E-state index contributed by atoms with van der Waals surface area (Å²) in [5.41, 5.74) is 7.23. The fourth-order valence-corrected chi connectivity index (χ4v) is 3.61. The maximum Gasteiger partial charge on any atom is 0.0412 e. The van der Waals surface area contributed by atoms with Crippen LogP contribution in [0.4, 0.5) is 5.69 Å². The van der Waals surface area contributed by atoms with E-state index < -0.39 is 0 Å². The van der Waals surface area contributed by atoms with Crippen LogP contribution in [0.5, 0.6) is 0 Å². The molecular formula is C16H21N. The van der Waals surface area contributed by atoms with Crippen LogP contribution in [0.15, 0.2) is 23.8 Å². The first kappa shape index (κ1) is 10.9. The molecule has 3 rings (SSSR count). The molecule has 0 aromatic heterocycles. The Morgan fingerprint density at radius 3 is 2.71 bits per heavy atom. The van der Waals surface area contributed by atoms with Gasteiger partial charge < -0.3 is 5.32 Å². The van der Waals surface area contributed by atoms with Gasteiger partial charge in [0.25, 0.3) is 0 Å². The second kappa shape index (κ2) is 3.63. The van der Waals surface area contributed by atoms with Crippen molar-refractivity contribution in [2.24, 2.45) is 5.92 Å². The summed E-state index contributed by atoms with van der Waals surface area (Å²) in [6.07, 6.45) is 3.71. The molecule has 1 aliphatic heterocycles. The first-order chi connectivity index (χ1) is 8.06. The van der Waals surface area contributed by atoms with Crippen molar-refractivity contribution in [1.29, 1.82) is 0 Å². The second-order valence-electron chi connectivity index (χ2n) is 5.94. The molecule has 0 bridgehead atoms. The molecule has 0 fully saturated rings. The number of rotatable bonds is 0. The van der Waals surface area contributed by atoms with Crippen molar-refractivity contribution in [3.05, 3.63) is 40.5 Å². The quantitative estimate of drug-likeness (QED) is 0.656. The lowest BCUT2D eigenvalue weighted by atomic mass is 9.78. The van der Waals surface area contributed by atoms with Crippen LogP contribution >= 0.6 is 0 Å². The third-order valence-corrected chi connectivity index (χ3v) is 4.29. The number of nitrogens with one attached hydrogen (secondary N) is 1. The lowest BCUT2D eigenvalue weighted by molar-refractivity contribution is 0.439. The van der Waals surface area contributed by atoms with Crippen molar-refractivity contribution in [3.63, 3.8) is 0 Å². The van der Waals surface area contributed by atoms with E-state index in [-0.39, 0.29) is 0 Å². The highest BCUT2D eigenvalue weighted by molar-refractivity contribution is 5.67. The van der Waals surface area contributed by atoms with Crippen molar-refractivity contribution in [1.82, 2.24) is 0 Å². The number of hydrogen-bond donors (Lipinski definition) is 1. The summed E-state index contributed by atoms with van der Waals surface area (Å²) in [6, 6.07) is 5.25. The Labute approximate surface area is 104 Å². The van der Waals surface area contributed by atoms with Crippen molar-refractivity contribution in [2.75, 3.05) is 5.32 Å². The smallest absolute Gasteiger partial charge is 0.0412 e. The minimum absolute atomic E-state index is 0.590. The molecule has 0 spiro atoms. The fraction of sp³-hybridized carbons (Fsp3) is 0.500. The van der Waals surface area contributed by atoms with Crippen LogP contribution in [-0.2, 0) is 0 Å². The molecule has 17 heavy (non-hydrogen) atoms. The van der Waals surface area contributed by atoms with Crippen molar-refractivity contribution in [3.8, 4) is 0 Å². The normalized spacial score (nSPS) is 30.4. The van der Waals surface area contributed by atoms with Crippen LogP contribution in [0.2, 0.25) is 0 Å². The molecule has 1 aliphatic carbocycles. The molecule has 1 heteroatoms. The zero-order chi connectivity index (χ0) is 12.2. The standard InChI is InChI=1S/C16H21N/c1-9-5-11(3)15-13(7-9)14-8-10(2)6-12(4)16(14)17-15/h5,7-8,12,14,16-17H,6H2,1-4H3. The highest BCUT2D eigenvalue weighted by Crippen LogP contribution is 2.46. The molecule has 3 atom stereocenters. The Balaban J connectivity index is 2.13. The van der Waals surface area contributed by atoms with Gasteiger partial charge in [-0.3, -0.25) is 0 Å². The lowest BCUT2D eigenvalue weighted by Crippen LogP contribution is -2.30. The van der Waals surface area contributed by atoms with Gasteiger partial charge in [0.2, 0.25) is 0 Å². The van der Waals surface area contributed by atoms with Crippen molar-refractivity contribution < 1.29 is 0 Å². The van der Waals surface area contributed by atoms with Crippen LogP contribution in [0.1, 0.15) is 42.9 Å². The molecule has 2 aliphatic rings. The molecule has 90 valence electrons. The van der Waals surface area contributed by atoms with E-state index in [1.807, 2.05) is 0 Å². The zero-order valence-electron chi connectivity index (χ0n) is 11.2. The van der Waals surface area contributed by atoms with E-state index in [2.05, 4.69) is 51.2 Å². The van der Waals surface area contributed by atoms with Gasteiger partial charge in [0.05, 0.1) is 0 Å². The lowest BCUT2D eigenvalue weighted by Gasteiger charge is -2.30. The summed E-state index contributed by atoms with van der Waals surface area (Å²) in [4.78, 5) is 0. The van der Waals surface area contributed by atoms with E-state index in [9.17, 15) is 0 Å². The van der Waals surface area contributed by atoms with E-state index in [0.29, 0.717) is 12.0 Å². The zero-order valence-corrected chi connectivity index (χ0v) is 11.2. The van der Waals surface area contributed by atoms with Gasteiger partial charge in [-0.25, -0.2) is 0 Å². The van der Waals surface area contributed by atoms with Crippen molar-refractivity contribution in [2.45, 2.75) is 46.1 Å². The van der Waals surface area contributed by atoms with Crippen molar-refractivity contribution >= 4 is 5.69 Å². The van der Waals surface area contributed by atoms with Gasteiger partial charge in [-0.05, 0) is 44.2 Å².